The van der Waals surface area contributed by atoms with Crippen LogP contribution in [0.3, 0.4) is 0 Å². The highest BCUT2D eigenvalue weighted by Crippen LogP contribution is 2.20. The summed E-state index contributed by atoms with van der Waals surface area (Å²) in [4.78, 5) is 27.5. The van der Waals surface area contributed by atoms with Gasteiger partial charge in [-0.05, 0) is 55.7 Å². The molecule has 1 aromatic carbocycles. The fraction of sp³-hybridized carbons (Fsp3) is 0.478. The van der Waals surface area contributed by atoms with Crippen LogP contribution in [0.5, 0.6) is 5.75 Å². The highest BCUT2D eigenvalue weighted by Gasteiger charge is 2.31. The normalized spacial score (nSPS) is 15.2. The number of ether oxygens (including phenoxy) is 1. The number of carbonyl (C=O) groups is 2. The number of rotatable bonds is 11. The van der Waals surface area contributed by atoms with Crippen molar-refractivity contribution in [1.29, 1.82) is 0 Å². The Bertz CT molecular complexity index is 1010. The van der Waals surface area contributed by atoms with Crippen LogP contribution in [-0.2, 0) is 26.2 Å². The molecule has 0 radical (unpaired) electrons. The van der Waals surface area contributed by atoms with E-state index >= 15 is 0 Å². The predicted octanol–water partition coefficient (Wildman–Crippen LogP) is 2.43. The molecular weight excluding hydrogens is 446 g/mol. The molecule has 1 unspecified atom stereocenters. The number of methoxy groups -OCH3 is 1. The third-order valence-electron chi connectivity index (χ3n) is 5.78. The number of furan rings is 1. The van der Waals surface area contributed by atoms with Gasteiger partial charge in [-0.2, -0.15) is 0 Å². The van der Waals surface area contributed by atoms with Gasteiger partial charge < -0.3 is 19.4 Å². The van der Waals surface area contributed by atoms with Gasteiger partial charge in [-0.25, -0.2) is 13.1 Å². The van der Waals surface area contributed by atoms with Gasteiger partial charge in [-0.1, -0.05) is 19.8 Å². The Kier molecular flexibility index (Phi) is 8.51. The molecule has 33 heavy (non-hydrogen) atoms. The molecule has 1 atom stereocenters. The Hall–Kier alpha value is -2.85. The van der Waals surface area contributed by atoms with Crippen molar-refractivity contribution in [2.45, 2.75) is 62.6 Å². The topological polar surface area (TPSA) is 118 Å². The largest absolute Gasteiger partial charge is 0.497 e. The third-order valence-corrected chi connectivity index (χ3v) is 7.19. The van der Waals surface area contributed by atoms with E-state index in [1.165, 1.54) is 42.5 Å². The summed E-state index contributed by atoms with van der Waals surface area (Å²) in [5.74, 6) is 0.279. The molecule has 10 heteroatoms. The molecule has 1 aliphatic rings. The van der Waals surface area contributed by atoms with Crippen LogP contribution in [0.2, 0.25) is 0 Å². The van der Waals surface area contributed by atoms with Crippen molar-refractivity contribution in [1.82, 2.24) is 14.9 Å². The number of nitrogens with one attached hydrogen (secondary N) is 2. The number of sulfonamides is 1. The summed E-state index contributed by atoms with van der Waals surface area (Å²) in [6.07, 6.45) is 5.87. The number of benzene rings is 1. The Morgan fingerprint density at radius 1 is 1.18 bits per heavy atom. The molecule has 1 fully saturated rings. The summed E-state index contributed by atoms with van der Waals surface area (Å²) in [6, 6.07) is 8.63. The van der Waals surface area contributed by atoms with Crippen molar-refractivity contribution >= 4 is 21.8 Å². The van der Waals surface area contributed by atoms with Crippen LogP contribution in [0.1, 0.15) is 44.8 Å². The van der Waals surface area contributed by atoms with Crippen molar-refractivity contribution in [2.24, 2.45) is 0 Å². The predicted molar refractivity (Wildman–Crippen MR) is 122 cm³/mol. The van der Waals surface area contributed by atoms with E-state index < -0.39 is 28.5 Å². The minimum absolute atomic E-state index is 0.0136. The summed E-state index contributed by atoms with van der Waals surface area (Å²) in [5.41, 5.74) is 0. The first-order valence-corrected chi connectivity index (χ1v) is 12.6. The van der Waals surface area contributed by atoms with Gasteiger partial charge in [0, 0.05) is 6.04 Å². The molecule has 0 spiro atoms. The quantitative estimate of drug-likeness (QED) is 0.513. The monoisotopic (exact) mass is 477 g/mol. The number of amides is 2. The molecule has 0 aliphatic heterocycles. The van der Waals surface area contributed by atoms with E-state index in [0.717, 1.165) is 25.7 Å². The van der Waals surface area contributed by atoms with E-state index in [9.17, 15) is 18.0 Å². The average Bonchev–Trinajstić information content (AvgIpc) is 3.52. The van der Waals surface area contributed by atoms with Crippen molar-refractivity contribution in [2.75, 3.05) is 13.7 Å². The van der Waals surface area contributed by atoms with Gasteiger partial charge in [0.05, 0.1) is 31.4 Å². The van der Waals surface area contributed by atoms with Gasteiger partial charge >= 0.3 is 0 Å². The fourth-order valence-corrected chi connectivity index (χ4v) is 4.93. The van der Waals surface area contributed by atoms with E-state index in [4.69, 9.17) is 9.15 Å². The van der Waals surface area contributed by atoms with Crippen molar-refractivity contribution in [3.63, 3.8) is 0 Å². The van der Waals surface area contributed by atoms with Crippen molar-refractivity contribution in [3.8, 4) is 5.75 Å². The third kappa shape index (κ3) is 6.58. The highest BCUT2D eigenvalue weighted by molar-refractivity contribution is 7.89. The van der Waals surface area contributed by atoms with Crippen LogP contribution < -0.4 is 14.8 Å². The Morgan fingerprint density at radius 3 is 2.45 bits per heavy atom. The number of nitrogens with zero attached hydrogens (tertiary/aromatic N) is 1. The van der Waals surface area contributed by atoms with Crippen LogP contribution in [0, 0.1) is 0 Å². The van der Waals surface area contributed by atoms with Crippen LogP contribution in [0.15, 0.2) is 52.0 Å². The van der Waals surface area contributed by atoms with E-state index in [2.05, 4.69) is 10.0 Å². The molecule has 1 heterocycles. The first kappa shape index (κ1) is 24.8. The van der Waals surface area contributed by atoms with Crippen molar-refractivity contribution in [3.05, 3.63) is 48.4 Å². The highest BCUT2D eigenvalue weighted by atomic mass is 32.2. The lowest BCUT2D eigenvalue weighted by atomic mass is 10.1. The SMILES string of the molecule is CCC(C(=O)NC1CCCC1)N(Cc1ccco1)C(=O)CNS(=O)(=O)c1ccc(OC)cc1. The summed E-state index contributed by atoms with van der Waals surface area (Å²) < 4.78 is 38.1. The van der Waals surface area contributed by atoms with Crippen LogP contribution in [0.25, 0.3) is 0 Å². The summed E-state index contributed by atoms with van der Waals surface area (Å²) in [6.45, 7) is 1.40. The van der Waals surface area contributed by atoms with Gasteiger partial charge in [0.1, 0.15) is 17.6 Å². The zero-order chi connectivity index (χ0) is 23.8. The zero-order valence-electron chi connectivity index (χ0n) is 19.0. The molecule has 9 nitrogen and oxygen atoms in total. The Balaban J connectivity index is 1.73. The van der Waals surface area contributed by atoms with Gasteiger partial charge in [0.15, 0.2) is 0 Å². The number of hydrogen-bond acceptors (Lipinski definition) is 6. The maximum atomic E-state index is 13.1. The Morgan fingerprint density at radius 2 is 1.88 bits per heavy atom. The second kappa shape index (κ2) is 11.3. The molecule has 1 aliphatic carbocycles. The van der Waals surface area contributed by atoms with Crippen LogP contribution in [0.4, 0.5) is 0 Å². The van der Waals surface area contributed by atoms with Gasteiger partial charge in [0.2, 0.25) is 21.8 Å². The average molecular weight is 478 g/mol. The maximum Gasteiger partial charge on any atom is 0.243 e. The maximum absolute atomic E-state index is 13.1. The molecule has 1 aromatic heterocycles. The minimum Gasteiger partial charge on any atom is -0.497 e. The number of hydrogen-bond donors (Lipinski definition) is 2. The second-order valence-electron chi connectivity index (χ2n) is 8.02. The summed E-state index contributed by atoms with van der Waals surface area (Å²) >= 11 is 0. The standard InChI is InChI=1S/C23H31N3O6S/c1-3-21(23(28)25-17-7-4-5-8-17)26(16-19-9-6-14-32-19)22(27)15-24-33(29,30)20-12-10-18(31-2)11-13-20/h6,9-14,17,21,24H,3-5,7-8,15-16H2,1-2H3,(H,25,28). The van der Waals surface area contributed by atoms with Crippen molar-refractivity contribution < 1.29 is 27.2 Å². The molecular formula is C23H31N3O6S. The van der Waals surface area contributed by atoms with E-state index in [1.54, 1.807) is 12.1 Å². The molecule has 2 N–H and O–H groups in total. The number of carbonyl (C=O) groups excluding carboxylic acids is 2. The van der Waals surface area contributed by atoms with Crippen LogP contribution >= 0.6 is 0 Å². The molecule has 1 saturated carbocycles. The summed E-state index contributed by atoms with van der Waals surface area (Å²) in [5, 5.41) is 3.04. The van der Waals surface area contributed by atoms with E-state index in [-0.39, 0.29) is 23.4 Å². The van der Waals surface area contributed by atoms with E-state index in [0.29, 0.717) is 17.9 Å². The smallest absolute Gasteiger partial charge is 0.243 e. The molecule has 3 rings (SSSR count). The Labute approximate surface area is 194 Å². The lowest BCUT2D eigenvalue weighted by Gasteiger charge is -2.30. The van der Waals surface area contributed by atoms with Gasteiger partial charge in [0.25, 0.3) is 0 Å². The minimum atomic E-state index is -3.92. The molecule has 0 saturated heterocycles. The summed E-state index contributed by atoms with van der Waals surface area (Å²) in [7, 11) is -2.44. The zero-order valence-corrected chi connectivity index (χ0v) is 19.8. The van der Waals surface area contributed by atoms with Gasteiger partial charge in [-0.3, -0.25) is 9.59 Å². The molecule has 0 bridgehead atoms. The molecule has 2 amide bonds. The van der Waals surface area contributed by atoms with Gasteiger partial charge in [-0.15, -0.1) is 0 Å². The second-order valence-corrected chi connectivity index (χ2v) is 9.78. The lowest BCUT2D eigenvalue weighted by Crippen LogP contribution is -2.52. The first-order valence-electron chi connectivity index (χ1n) is 11.1. The van der Waals surface area contributed by atoms with E-state index in [1.807, 2.05) is 6.92 Å². The molecule has 180 valence electrons. The van der Waals surface area contributed by atoms with Crippen LogP contribution in [-0.4, -0.2) is 50.9 Å². The fourth-order valence-electron chi connectivity index (χ4n) is 3.95. The lowest BCUT2D eigenvalue weighted by molar-refractivity contribution is -0.141. The first-order chi connectivity index (χ1) is 15.8. The molecule has 2 aromatic rings.